The second kappa shape index (κ2) is 2.56. The third-order valence-corrected chi connectivity index (χ3v) is 1.16. The van der Waals surface area contributed by atoms with Crippen LogP contribution >= 0.6 is 0 Å². The molecule has 0 saturated carbocycles. The summed E-state index contributed by atoms with van der Waals surface area (Å²) in [4.78, 5) is 0. The molecule has 1 aromatic heterocycles. The SMILES string of the molecule is C=C(C)/C=c1/occc1=C. The van der Waals surface area contributed by atoms with Crippen LogP contribution in [0, 0.1) is 0 Å². The van der Waals surface area contributed by atoms with Gasteiger partial charge in [0.1, 0.15) is 5.42 Å². The Kier molecular flexibility index (Phi) is 1.76. The molecule has 1 aromatic rings. The Hall–Kier alpha value is -1.24. The van der Waals surface area contributed by atoms with Crippen LogP contribution in [0.15, 0.2) is 28.9 Å². The average molecular weight is 134 g/mol. The lowest BCUT2D eigenvalue weighted by Gasteiger charge is -1.79. The van der Waals surface area contributed by atoms with Crippen molar-refractivity contribution >= 4 is 12.7 Å². The highest BCUT2D eigenvalue weighted by Gasteiger charge is 1.83. The van der Waals surface area contributed by atoms with E-state index in [0.717, 1.165) is 16.2 Å². The zero-order valence-electron chi connectivity index (χ0n) is 6.05. The topological polar surface area (TPSA) is 13.1 Å². The summed E-state index contributed by atoms with van der Waals surface area (Å²) in [5.41, 5.74) is 1.77. The Morgan fingerprint density at radius 2 is 2.40 bits per heavy atom. The van der Waals surface area contributed by atoms with Crippen LogP contribution in [0.4, 0.5) is 0 Å². The normalized spacial score (nSPS) is 11.9. The Balaban J connectivity index is 3.29. The Labute approximate surface area is 60.0 Å². The molecule has 1 nitrogen and oxygen atoms in total. The molecule has 52 valence electrons. The molecular formula is C9H10O. The van der Waals surface area contributed by atoms with Gasteiger partial charge < -0.3 is 4.42 Å². The molecule has 10 heavy (non-hydrogen) atoms. The zero-order valence-corrected chi connectivity index (χ0v) is 6.05. The maximum Gasteiger partial charge on any atom is 0.133 e. The van der Waals surface area contributed by atoms with Crippen molar-refractivity contribution in [1.29, 1.82) is 0 Å². The van der Waals surface area contributed by atoms with Crippen LogP contribution in [0.1, 0.15) is 6.92 Å². The van der Waals surface area contributed by atoms with Crippen molar-refractivity contribution in [2.45, 2.75) is 6.92 Å². The van der Waals surface area contributed by atoms with E-state index in [0.29, 0.717) is 0 Å². The second-order valence-electron chi connectivity index (χ2n) is 2.30. The van der Waals surface area contributed by atoms with Crippen molar-refractivity contribution in [3.8, 4) is 0 Å². The summed E-state index contributed by atoms with van der Waals surface area (Å²) in [6.45, 7) is 9.41. The van der Waals surface area contributed by atoms with E-state index >= 15 is 0 Å². The van der Waals surface area contributed by atoms with Crippen molar-refractivity contribution in [2.75, 3.05) is 0 Å². The first-order chi connectivity index (χ1) is 4.70. The molecule has 1 heteroatoms. The zero-order chi connectivity index (χ0) is 7.56. The summed E-state index contributed by atoms with van der Waals surface area (Å²) in [5, 5.41) is 0.906. The standard InChI is InChI=1S/C9H10O/c1-7(2)6-9-8(3)4-5-10-9/h4-6H,1,3H2,2H3/b9-6+. The van der Waals surface area contributed by atoms with Crippen LogP contribution in [0.5, 0.6) is 0 Å². The number of allylic oxidation sites excluding steroid dienone is 1. The summed E-state index contributed by atoms with van der Waals surface area (Å²) in [6, 6.07) is 1.83. The van der Waals surface area contributed by atoms with Gasteiger partial charge in [-0.25, -0.2) is 0 Å². The molecule has 0 bridgehead atoms. The molecule has 0 aliphatic rings. The van der Waals surface area contributed by atoms with Crippen LogP contribution in [-0.2, 0) is 0 Å². The number of hydrogen-bond donors (Lipinski definition) is 0. The maximum atomic E-state index is 5.10. The molecular weight excluding hydrogens is 124 g/mol. The third kappa shape index (κ3) is 1.38. The summed E-state index contributed by atoms with van der Waals surface area (Å²) < 4.78 is 5.10. The van der Waals surface area contributed by atoms with Crippen LogP contribution in [-0.4, -0.2) is 0 Å². The van der Waals surface area contributed by atoms with Crippen molar-refractivity contribution in [1.82, 2.24) is 0 Å². The number of rotatable bonds is 1. The fraction of sp³-hybridized carbons (Fsp3) is 0.111. The molecule has 0 fully saturated rings. The Morgan fingerprint density at radius 1 is 1.70 bits per heavy atom. The van der Waals surface area contributed by atoms with Gasteiger partial charge in [-0.15, -0.1) is 0 Å². The first-order valence-corrected chi connectivity index (χ1v) is 3.10. The second-order valence-corrected chi connectivity index (χ2v) is 2.30. The van der Waals surface area contributed by atoms with E-state index in [1.807, 2.05) is 19.1 Å². The van der Waals surface area contributed by atoms with Crippen LogP contribution in [0.2, 0.25) is 0 Å². The van der Waals surface area contributed by atoms with Gasteiger partial charge in [-0.3, -0.25) is 0 Å². The molecule has 0 aromatic carbocycles. The molecule has 0 saturated heterocycles. The molecule has 1 rings (SSSR count). The van der Waals surface area contributed by atoms with E-state index in [4.69, 9.17) is 4.42 Å². The fourth-order valence-corrected chi connectivity index (χ4v) is 0.698. The average Bonchev–Trinajstić information content (AvgIpc) is 2.15. The lowest BCUT2D eigenvalue weighted by molar-refractivity contribution is 0.531. The van der Waals surface area contributed by atoms with E-state index in [1.54, 1.807) is 6.26 Å². The first-order valence-electron chi connectivity index (χ1n) is 3.10. The van der Waals surface area contributed by atoms with E-state index in [1.165, 1.54) is 0 Å². The monoisotopic (exact) mass is 134 g/mol. The molecule has 0 N–H and O–H groups in total. The number of hydrogen-bond acceptors (Lipinski definition) is 1. The van der Waals surface area contributed by atoms with Crippen molar-refractivity contribution in [3.63, 3.8) is 0 Å². The summed E-state index contributed by atoms with van der Waals surface area (Å²) in [7, 11) is 0. The third-order valence-electron chi connectivity index (χ3n) is 1.16. The van der Waals surface area contributed by atoms with Gasteiger partial charge in [0.05, 0.1) is 6.26 Å². The van der Waals surface area contributed by atoms with Gasteiger partial charge in [0.25, 0.3) is 0 Å². The van der Waals surface area contributed by atoms with Crippen LogP contribution in [0.25, 0.3) is 12.7 Å². The highest BCUT2D eigenvalue weighted by molar-refractivity contribution is 5.40. The molecule has 0 spiro atoms. The summed E-state index contributed by atoms with van der Waals surface area (Å²) in [5.74, 6) is 0. The number of furan rings is 1. The van der Waals surface area contributed by atoms with Gasteiger partial charge in [0.2, 0.25) is 0 Å². The summed E-state index contributed by atoms with van der Waals surface area (Å²) in [6.07, 6.45) is 3.49. The molecule has 0 radical (unpaired) electrons. The first kappa shape index (κ1) is 6.87. The van der Waals surface area contributed by atoms with E-state index in [9.17, 15) is 0 Å². The Morgan fingerprint density at radius 3 is 2.80 bits per heavy atom. The molecule has 0 aliphatic carbocycles. The van der Waals surface area contributed by atoms with Gasteiger partial charge in [-0.05, 0) is 19.1 Å². The fourth-order valence-electron chi connectivity index (χ4n) is 0.698. The molecule has 0 unspecified atom stereocenters. The lowest BCUT2D eigenvalue weighted by atomic mass is 10.3. The molecule has 1 heterocycles. The Bertz CT molecular complexity index is 330. The van der Waals surface area contributed by atoms with Crippen molar-refractivity contribution in [3.05, 3.63) is 35.1 Å². The smallest absolute Gasteiger partial charge is 0.133 e. The predicted octanol–water partition coefficient (Wildman–Crippen LogP) is 1.05. The highest BCUT2D eigenvalue weighted by Crippen LogP contribution is 1.85. The van der Waals surface area contributed by atoms with Gasteiger partial charge in [-0.2, -0.15) is 0 Å². The maximum absolute atomic E-state index is 5.10. The molecule has 0 aliphatic heterocycles. The van der Waals surface area contributed by atoms with Crippen molar-refractivity contribution < 1.29 is 4.42 Å². The minimum absolute atomic E-state index is 0.799. The van der Waals surface area contributed by atoms with Crippen molar-refractivity contribution in [2.24, 2.45) is 0 Å². The van der Waals surface area contributed by atoms with Gasteiger partial charge >= 0.3 is 0 Å². The largest absolute Gasteiger partial charge is 0.464 e. The van der Waals surface area contributed by atoms with Crippen LogP contribution in [0.3, 0.4) is 0 Å². The van der Waals surface area contributed by atoms with Gasteiger partial charge in [0, 0.05) is 5.22 Å². The van der Waals surface area contributed by atoms with Gasteiger partial charge in [0.15, 0.2) is 0 Å². The van der Waals surface area contributed by atoms with E-state index < -0.39 is 0 Å². The minimum Gasteiger partial charge on any atom is -0.464 e. The predicted molar refractivity (Wildman–Crippen MR) is 42.8 cm³/mol. The highest BCUT2D eigenvalue weighted by atomic mass is 16.3. The van der Waals surface area contributed by atoms with Gasteiger partial charge in [-0.1, -0.05) is 18.7 Å². The quantitative estimate of drug-likeness (QED) is 0.559. The molecule has 0 amide bonds. The van der Waals surface area contributed by atoms with Crippen LogP contribution < -0.4 is 10.6 Å². The lowest BCUT2D eigenvalue weighted by Crippen LogP contribution is -2.16. The van der Waals surface area contributed by atoms with E-state index in [-0.39, 0.29) is 0 Å². The van der Waals surface area contributed by atoms with E-state index in [2.05, 4.69) is 13.2 Å². The summed E-state index contributed by atoms with van der Waals surface area (Å²) >= 11 is 0. The minimum atomic E-state index is 0.799. The molecule has 0 atom stereocenters.